The molecule has 0 bridgehead atoms. The zero-order valence-electron chi connectivity index (χ0n) is 11.7. The summed E-state index contributed by atoms with van der Waals surface area (Å²) in [6.45, 7) is 1.89. The third-order valence-corrected chi connectivity index (χ3v) is 3.34. The quantitative estimate of drug-likeness (QED) is 0.922. The Labute approximate surface area is 117 Å². The van der Waals surface area contributed by atoms with Crippen LogP contribution < -0.4 is 10.1 Å². The van der Waals surface area contributed by atoms with Crippen LogP contribution in [0.25, 0.3) is 0 Å². The molecule has 0 amide bonds. The molecule has 1 atom stereocenters. The molecule has 0 saturated carbocycles. The van der Waals surface area contributed by atoms with Gasteiger partial charge >= 0.3 is 0 Å². The number of halogens is 2. The largest absolute Gasteiger partial charge is 0.496 e. The Bertz CT molecular complexity index is 613. The first-order valence-corrected chi connectivity index (χ1v) is 6.33. The summed E-state index contributed by atoms with van der Waals surface area (Å²) < 4.78 is 32.3. The molecule has 0 spiro atoms. The molecule has 1 N–H and O–H groups in total. The summed E-state index contributed by atoms with van der Waals surface area (Å²) in [5.74, 6) is -0.106. The van der Waals surface area contributed by atoms with E-state index in [1.165, 1.54) is 31.4 Å². The second kappa shape index (κ2) is 6.01. The Morgan fingerprint density at radius 1 is 1.00 bits per heavy atom. The summed E-state index contributed by atoms with van der Waals surface area (Å²) in [6, 6.07) is 8.56. The second-order valence-electron chi connectivity index (χ2n) is 4.61. The van der Waals surface area contributed by atoms with Crippen molar-refractivity contribution in [3.05, 3.63) is 64.7 Å². The zero-order chi connectivity index (χ0) is 14.7. The standard InChI is InChI=1S/C16H17F2NO/c1-10-4-5-11(17)8-13(10)16(19-2)14-9-12(18)6-7-15(14)20-3/h4-9,16,19H,1-3H3. The van der Waals surface area contributed by atoms with Crippen molar-refractivity contribution in [2.24, 2.45) is 0 Å². The molecule has 0 aromatic heterocycles. The number of hydrogen-bond donors (Lipinski definition) is 1. The topological polar surface area (TPSA) is 21.3 Å². The van der Waals surface area contributed by atoms with E-state index < -0.39 is 0 Å². The minimum atomic E-state index is -0.352. The lowest BCUT2D eigenvalue weighted by Crippen LogP contribution is -2.20. The first-order chi connectivity index (χ1) is 9.56. The van der Waals surface area contributed by atoms with E-state index >= 15 is 0 Å². The summed E-state index contributed by atoms with van der Waals surface area (Å²) in [5.41, 5.74) is 2.33. The molecule has 0 aliphatic heterocycles. The van der Waals surface area contributed by atoms with Gasteiger partial charge < -0.3 is 10.1 Å². The molecular weight excluding hydrogens is 260 g/mol. The molecule has 2 aromatic rings. The lowest BCUT2D eigenvalue weighted by Gasteiger charge is -2.21. The van der Waals surface area contributed by atoms with Crippen LogP contribution in [0.3, 0.4) is 0 Å². The van der Waals surface area contributed by atoms with E-state index in [0.717, 1.165) is 11.1 Å². The van der Waals surface area contributed by atoms with E-state index in [-0.39, 0.29) is 17.7 Å². The number of ether oxygens (including phenoxy) is 1. The third kappa shape index (κ3) is 2.80. The van der Waals surface area contributed by atoms with Crippen molar-refractivity contribution in [1.82, 2.24) is 5.32 Å². The van der Waals surface area contributed by atoms with Crippen molar-refractivity contribution < 1.29 is 13.5 Å². The first-order valence-electron chi connectivity index (χ1n) is 6.33. The smallest absolute Gasteiger partial charge is 0.124 e. The van der Waals surface area contributed by atoms with E-state index in [1.54, 1.807) is 19.2 Å². The maximum Gasteiger partial charge on any atom is 0.124 e. The molecule has 0 fully saturated rings. The highest BCUT2D eigenvalue weighted by Crippen LogP contribution is 2.32. The fraction of sp³-hybridized carbons (Fsp3) is 0.250. The summed E-state index contributed by atoms with van der Waals surface area (Å²) in [4.78, 5) is 0. The molecule has 2 rings (SSSR count). The zero-order valence-corrected chi connectivity index (χ0v) is 11.7. The normalized spacial score (nSPS) is 12.2. The van der Waals surface area contributed by atoms with Gasteiger partial charge in [0, 0.05) is 5.56 Å². The molecule has 106 valence electrons. The maximum atomic E-state index is 13.5. The Kier molecular flexibility index (Phi) is 4.35. The Balaban J connectivity index is 2.57. The monoisotopic (exact) mass is 277 g/mol. The molecule has 1 unspecified atom stereocenters. The highest BCUT2D eigenvalue weighted by atomic mass is 19.1. The van der Waals surface area contributed by atoms with E-state index in [2.05, 4.69) is 5.32 Å². The van der Waals surface area contributed by atoms with E-state index in [9.17, 15) is 8.78 Å². The van der Waals surface area contributed by atoms with Crippen LogP contribution in [0.15, 0.2) is 36.4 Å². The van der Waals surface area contributed by atoms with Gasteiger partial charge in [0.15, 0.2) is 0 Å². The molecular formula is C16H17F2NO. The second-order valence-corrected chi connectivity index (χ2v) is 4.61. The van der Waals surface area contributed by atoms with Crippen molar-refractivity contribution in [3.8, 4) is 5.75 Å². The molecule has 2 nitrogen and oxygen atoms in total. The molecule has 0 heterocycles. The van der Waals surface area contributed by atoms with Crippen molar-refractivity contribution >= 4 is 0 Å². The SMILES string of the molecule is CNC(c1cc(F)ccc1C)c1cc(F)ccc1OC. The van der Waals surface area contributed by atoms with Gasteiger partial charge in [-0.2, -0.15) is 0 Å². The van der Waals surface area contributed by atoms with Crippen molar-refractivity contribution in [3.63, 3.8) is 0 Å². The predicted octanol–water partition coefficient (Wildman–Crippen LogP) is 3.59. The lowest BCUT2D eigenvalue weighted by molar-refractivity contribution is 0.403. The van der Waals surface area contributed by atoms with E-state index in [1.807, 2.05) is 6.92 Å². The van der Waals surface area contributed by atoms with Crippen LogP contribution in [-0.2, 0) is 0 Å². The Morgan fingerprint density at radius 3 is 2.20 bits per heavy atom. The number of hydrogen-bond acceptors (Lipinski definition) is 2. The summed E-state index contributed by atoms with van der Waals surface area (Å²) >= 11 is 0. The van der Waals surface area contributed by atoms with Gasteiger partial charge in [0.25, 0.3) is 0 Å². The summed E-state index contributed by atoms with van der Waals surface area (Å²) in [5, 5.41) is 3.09. The van der Waals surface area contributed by atoms with Gasteiger partial charge in [0.05, 0.1) is 13.2 Å². The number of nitrogens with one attached hydrogen (secondary N) is 1. The highest BCUT2D eigenvalue weighted by Gasteiger charge is 2.19. The van der Waals surface area contributed by atoms with Crippen LogP contribution in [0.1, 0.15) is 22.7 Å². The van der Waals surface area contributed by atoms with E-state index in [4.69, 9.17) is 4.74 Å². The average Bonchev–Trinajstić information content (AvgIpc) is 2.44. The third-order valence-electron chi connectivity index (χ3n) is 3.34. The van der Waals surface area contributed by atoms with Gasteiger partial charge in [-0.15, -0.1) is 0 Å². The number of rotatable bonds is 4. The van der Waals surface area contributed by atoms with Gasteiger partial charge in [-0.05, 0) is 55.4 Å². The Morgan fingerprint density at radius 2 is 1.60 bits per heavy atom. The minimum Gasteiger partial charge on any atom is -0.496 e. The molecule has 0 radical (unpaired) electrons. The van der Waals surface area contributed by atoms with Gasteiger partial charge in [-0.1, -0.05) is 6.07 Å². The van der Waals surface area contributed by atoms with Crippen molar-refractivity contribution in [2.45, 2.75) is 13.0 Å². The lowest BCUT2D eigenvalue weighted by atomic mass is 9.94. The molecule has 0 aliphatic rings. The summed E-state index contributed by atoms with van der Waals surface area (Å²) in [7, 11) is 3.28. The van der Waals surface area contributed by atoms with E-state index in [0.29, 0.717) is 11.3 Å². The van der Waals surface area contributed by atoms with Gasteiger partial charge in [0.1, 0.15) is 17.4 Å². The van der Waals surface area contributed by atoms with Crippen LogP contribution in [0, 0.1) is 18.6 Å². The molecule has 0 aliphatic carbocycles. The van der Waals surface area contributed by atoms with Crippen LogP contribution in [-0.4, -0.2) is 14.2 Å². The van der Waals surface area contributed by atoms with Gasteiger partial charge in [0.2, 0.25) is 0 Å². The molecule has 20 heavy (non-hydrogen) atoms. The highest BCUT2D eigenvalue weighted by molar-refractivity contribution is 5.44. The molecule has 2 aromatic carbocycles. The number of methoxy groups -OCH3 is 1. The van der Waals surface area contributed by atoms with Gasteiger partial charge in [-0.25, -0.2) is 8.78 Å². The predicted molar refractivity (Wildman–Crippen MR) is 75.0 cm³/mol. The fourth-order valence-corrected chi connectivity index (χ4v) is 2.33. The first kappa shape index (κ1) is 14.5. The fourth-order valence-electron chi connectivity index (χ4n) is 2.33. The van der Waals surface area contributed by atoms with Crippen molar-refractivity contribution in [1.29, 1.82) is 0 Å². The minimum absolute atomic E-state index is 0.318. The van der Waals surface area contributed by atoms with Gasteiger partial charge in [-0.3, -0.25) is 0 Å². The average molecular weight is 277 g/mol. The molecule has 0 saturated heterocycles. The number of benzene rings is 2. The van der Waals surface area contributed by atoms with Crippen LogP contribution in [0.4, 0.5) is 8.78 Å². The van der Waals surface area contributed by atoms with Crippen LogP contribution in [0.2, 0.25) is 0 Å². The molecule has 4 heteroatoms. The van der Waals surface area contributed by atoms with Crippen LogP contribution in [0.5, 0.6) is 5.75 Å². The number of aryl methyl sites for hydroxylation is 1. The van der Waals surface area contributed by atoms with Crippen LogP contribution >= 0.6 is 0 Å². The summed E-state index contributed by atoms with van der Waals surface area (Å²) in [6.07, 6.45) is 0. The maximum absolute atomic E-state index is 13.5. The Hall–Kier alpha value is -1.94. The van der Waals surface area contributed by atoms with Crippen molar-refractivity contribution in [2.75, 3.05) is 14.2 Å².